The summed E-state index contributed by atoms with van der Waals surface area (Å²) in [5.41, 5.74) is 2.15. The van der Waals surface area contributed by atoms with Gasteiger partial charge in [0, 0.05) is 25.3 Å². The third kappa shape index (κ3) is 3.42. The van der Waals surface area contributed by atoms with Crippen molar-refractivity contribution in [3.8, 4) is 11.3 Å². The van der Waals surface area contributed by atoms with Crippen molar-refractivity contribution in [2.45, 2.75) is 44.8 Å². The van der Waals surface area contributed by atoms with E-state index >= 15 is 0 Å². The first-order valence-electron chi connectivity index (χ1n) is 9.35. The lowest BCUT2D eigenvalue weighted by atomic mass is 9.88. The van der Waals surface area contributed by atoms with E-state index in [1.54, 1.807) is 12.1 Å². The molecule has 2 aliphatic heterocycles. The lowest BCUT2D eigenvalue weighted by molar-refractivity contribution is -0.0147. The molecule has 1 spiro atoms. The van der Waals surface area contributed by atoms with Crippen LogP contribution in [-0.2, 0) is 11.3 Å². The number of aliphatic hydroxyl groups is 1. The molecule has 144 valence electrons. The number of ether oxygens (including phenoxy) is 1. The van der Waals surface area contributed by atoms with Gasteiger partial charge in [-0.15, -0.1) is 0 Å². The summed E-state index contributed by atoms with van der Waals surface area (Å²) < 4.78 is 19.8. The maximum atomic E-state index is 13.8. The molecule has 27 heavy (non-hydrogen) atoms. The van der Waals surface area contributed by atoms with Gasteiger partial charge >= 0.3 is 0 Å². The molecule has 1 aromatic heterocycles. The third-order valence-electron chi connectivity index (χ3n) is 5.64. The van der Waals surface area contributed by atoms with Crippen LogP contribution >= 0.6 is 11.6 Å². The van der Waals surface area contributed by atoms with Crippen molar-refractivity contribution in [2.75, 3.05) is 24.6 Å². The van der Waals surface area contributed by atoms with E-state index in [1.807, 2.05) is 6.92 Å². The summed E-state index contributed by atoms with van der Waals surface area (Å²) in [4.78, 5) is 11.5. The number of nitrogens with zero attached hydrogens (tertiary/aromatic N) is 3. The Hall–Kier alpha value is -1.76. The number of aromatic nitrogens is 2. The number of hydrogen-bond acceptors (Lipinski definition) is 5. The van der Waals surface area contributed by atoms with E-state index in [1.165, 1.54) is 6.07 Å². The minimum atomic E-state index is -0.497. The van der Waals surface area contributed by atoms with E-state index < -0.39 is 5.82 Å². The Labute approximate surface area is 163 Å². The number of halogens is 2. The van der Waals surface area contributed by atoms with Gasteiger partial charge in [-0.3, -0.25) is 0 Å². The fourth-order valence-corrected chi connectivity index (χ4v) is 4.33. The van der Waals surface area contributed by atoms with Crippen molar-refractivity contribution in [3.63, 3.8) is 0 Å². The Morgan fingerprint density at radius 2 is 2.04 bits per heavy atom. The van der Waals surface area contributed by atoms with Gasteiger partial charge in [0.15, 0.2) is 5.82 Å². The van der Waals surface area contributed by atoms with Crippen LogP contribution < -0.4 is 4.90 Å². The molecule has 5 nitrogen and oxygen atoms in total. The Morgan fingerprint density at radius 3 is 2.70 bits per heavy atom. The van der Waals surface area contributed by atoms with Gasteiger partial charge in [0.1, 0.15) is 11.5 Å². The second kappa shape index (κ2) is 7.34. The van der Waals surface area contributed by atoms with Gasteiger partial charge in [0.2, 0.25) is 0 Å². The fraction of sp³-hybridized carbons (Fsp3) is 0.500. The number of rotatable bonds is 3. The van der Waals surface area contributed by atoms with Gasteiger partial charge in [-0.2, -0.15) is 0 Å². The molecule has 1 N–H and O–H groups in total. The first-order valence-corrected chi connectivity index (χ1v) is 9.72. The topological polar surface area (TPSA) is 58.5 Å². The summed E-state index contributed by atoms with van der Waals surface area (Å²) >= 11 is 6.12. The van der Waals surface area contributed by atoms with Crippen LogP contribution in [-0.4, -0.2) is 40.4 Å². The monoisotopic (exact) mass is 391 g/mol. The highest BCUT2D eigenvalue weighted by Gasteiger charge is 2.39. The Bertz CT molecular complexity index is 845. The highest BCUT2D eigenvalue weighted by atomic mass is 35.5. The molecule has 2 aromatic rings. The predicted octanol–water partition coefficient (Wildman–Crippen LogP) is 3.89. The van der Waals surface area contributed by atoms with Crippen molar-refractivity contribution < 1.29 is 14.2 Å². The average molecular weight is 392 g/mol. The molecule has 2 saturated heterocycles. The molecule has 3 heterocycles. The van der Waals surface area contributed by atoms with Gasteiger partial charge in [0.25, 0.3) is 0 Å². The number of aryl methyl sites for hydroxylation is 1. The zero-order chi connectivity index (χ0) is 19.0. The first kappa shape index (κ1) is 18.6. The molecular weight excluding hydrogens is 369 g/mol. The van der Waals surface area contributed by atoms with Crippen LogP contribution in [0.2, 0.25) is 5.02 Å². The molecule has 1 aromatic carbocycles. The summed E-state index contributed by atoms with van der Waals surface area (Å²) in [6, 6.07) is 4.62. The molecule has 2 aliphatic rings. The number of anilines is 1. The molecular formula is C20H23ClFN3O2. The van der Waals surface area contributed by atoms with Crippen molar-refractivity contribution in [1.82, 2.24) is 9.97 Å². The van der Waals surface area contributed by atoms with E-state index in [0.29, 0.717) is 28.5 Å². The van der Waals surface area contributed by atoms with Crippen LogP contribution in [0.25, 0.3) is 11.3 Å². The van der Waals surface area contributed by atoms with E-state index in [9.17, 15) is 9.50 Å². The Kier molecular flexibility index (Phi) is 5.05. The second-order valence-electron chi connectivity index (χ2n) is 7.31. The molecule has 0 bridgehead atoms. The van der Waals surface area contributed by atoms with Crippen LogP contribution in [0.4, 0.5) is 10.2 Å². The van der Waals surface area contributed by atoms with Gasteiger partial charge in [-0.05, 0) is 38.7 Å². The lowest BCUT2D eigenvalue weighted by Gasteiger charge is -2.39. The van der Waals surface area contributed by atoms with E-state index in [0.717, 1.165) is 45.4 Å². The summed E-state index contributed by atoms with van der Waals surface area (Å²) in [5, 5.41) is 9.90. The molecule has 0 unspecified atom stereocenters. The summed E-state index contributed by atoms with van der Waals surface area (Å²) in [6.45, 7) is 4.09. The Balaban J connectivity index is 1.65. The second-order valence-corrected chi connectivity index (χ2v) is 7.69. The number of aliphatic hydroxyl groups excluding tert-OH is 1. The number of piperidine rings is 1. The van der Waals surface area contributed by atoms with Crippen molar-refractivity contribution in [1.29, 1.82) is 0 Å². The van der Waals surface area contributed by atoms with Gasteiger partial charge < -0.3 is 14.7 Å². The summed E-state index contributed by atoms with van der Waals surface area (Å²) in [6.07, 6.45) is 4.16. The van der Waals surface area contributed by atoms with Gasteiger partial charge in [-0.25, -0.2) is 14.4 Å². The molecule has 0 amide bonds. The summed E-state index contributed by atoms with van der Waals surface area (Å²) in [7, 11) is 0. The SMILES string of the molecule is Cc1nc(N2CCC3(CCCO3)CC2)c(CO)nc1-c1cccc(F)c1Cl. The lowest BCUT2D eigenvalue weighted by Crippen LogP contribution is -2.44. The normalized spacial score (nSPS) is 19.0. The van der Waals surface area contributed by atoms with Crippen molar-refractivity contribution >= 4 is 17.4 Å². The minimum absolute atomic E-state index is 0.0184. The molecule has 0 radical (unpaired) electrons. The highest BCUT2D eigenvalue weighted by Crippen LogP contribution is 2.38. The Morgan fingerprint density at radius 1 is 1.26 bits per heavy atom. The van der Waals surface area contributed by atoms with Gasteiger partial charge in [0.05, 0.1) is 28.6 Å². The van der Waals surface area contributed by atoms with Crippen molar-refractivity contribution in [3.05, 3.63) is 40.4 Å². The predicted molar refractivity (Wildman–Crippen MR) is 102 cm³/mol. The van der Waals surface area contributed by atoms with E-state index in [-0.39, 0.29) is 17.2 Å². The minimum Gasteiger partial charge on any atom is -0.390 e. The molecule has 2 fully saturated rings. The molecule has 0 atom stereocenters. The maximum absolute atomic E-state index is 13.8. The fourth-order valence-electron chi connectivity index (χ4n) is 4.12. The maximum Gasteiger partial charge on any atom is 0.153 e. The molecule has 4 rings (SSSR count). The number of benzene rings is 1. The van der Waals surface area contributed by atoms with Crippen LogP contribution in [0.3, 0.4) is 0 Å². The first-order chi connectivity index (χ1) is 13.0. The van der Waals surface area contributed by atoms with E-state index in [2.05, 4.69) is 9.88 Å². The molecule has 0 saturated carbocycles. The molecule has 7 heteroatoms. The summed E-state index contributed by atoms with van der Waals surface area (Å²) in [5.74, 6) is 0.196. The van der Waals surface area contributed by atoms with Crippen LogP contribution in [0.15, 0.2) is 18.2 Å². The van der Waals surface area contributed by atoms with Crippen LogP contribution in [0.5, 0.6) is 0 Å². The number of hydrogen-bond donors (Lipinski definition) is 1. The standard InChI is InChI=1S/C20H23ClFN3O2/c1-13-18(14-4-2-5-15(22)17(14)21)24-16(12-26)19(23-13)25-9-7-20(8-10-25)6-3-11-27-20/h2,4-5,26H,3,6-12H2,1H3. The zero-order valence-electron chi connectivity index (χ0n) is 15.3. The average Bonchev–Trinajstić information content (AvgIpc) is 3.13. The zero-order valence-corrected chi connectivity index (χ0v) is 16.1. The largest absolute Gasteiger partial charge is 0.390 e. The van der Waals surface area contributed by atoms with Crippen LogP contribution in [0.1, 0.15) is 37.1 Å². The van der Waals surface area contributed by atoms with Crippen molar-refractivity contribution in [2.24, 2.45) is 0 Å². The van der Waals surface area contributed by atoms with Crippen LogP contribution in [0, 0.1) is 12.7 Å². The third-order valence-corrected chi connectivity index (χ3v) is 6.02. The highest BCUT2D eigenvalue weighted by molar-refractivity contribution is 6.33. The van der Waals surface area contributed by atoms with Gasteiger partial charge in [-0.1, -0.05) is 23.7 Å². The molecule has 0 aliphatic carbocycles. The van der Waals surface area contributed by atoms with E-state index in [4.69, 9.17) is 21.3 Å². The smallest absolute Gasteiger partial charge is 0.153 e. The quantitative estimate of drug-likeness (QED) is 0.860.